The van der Waals surface area contributed by atoms with Crippen LogP contribution < -0.4 is 0 Å². The molecule has 2 aromatic heterocycles. The number of piperidine rings is 1. The van der Waals surface area contributed by atoms with Gasteiger partial charge in [-0.15, -0.1) is 11.3 Å². The van der Waals surface area contributed by atoms with Crippen LogP contribution in [0.5, 0.6) is 0 Å². The Bertz CT molecular complexity index is 574. The van der Waals surface area contributed by atoms with Crippen LogP contribution >= 0.6 is 11.3 Å². The van der Waals surface area contributed by atoms with E-state index in [1.165, 1.54) is 37.2 Å². The highest BCUT2D eigenvalue weighted by Crippen LogP contribution is 2.23. The van der Waals surface area contributed by atoms with Crippen LogP contribution in [0, 0.1) is 13.8 Å². The molecule has 0 spiro atoms. The largest absolute Gasteiger partial charge is 0.335 e. The highest BCUT2D eigenvalue weighted by molar-refractivity contribution is 7.09. The van der Waals surface area contributed by atoms with Crippen molar-refractivity contribution >= 4 is 11.3 Å². The fraction of sp³-hybridized carbons (Fsp3) is 0.625. The van der Waals surface area contributed by atoms with Crippen molar-refractivity contribution in [3.05, 3.63) is 34.3 Å². The molecular weight excluding hydrogens is 280 g/mol. The van der Waals surface area contributed by atoms with Crippen molar-refractivity contribution in [2.45, 2.75) is 58.7 Å². The van der Waals surface area contributed by atoms with Crippen LogP contribution in [0.15, 0.2) is 17.8 Å². The Kier molecular flexibility index (Phi) is 4.70. The summed E-state index contributed by atoms with van der Waals surface area (Å²) in [4.78, 5) is 11.6. The maximum atomic E-state index is 4.63. The molecule has 1 fully saturated rings. The fourth-order valence-electron chi connectivity index (χ4n) is 3.17. The SMILES string of the molecule is Cc1csc(CN2CCCCC2CCn2ccnc2C)n1. The second-order valence-corrected chi connectivity index (χ2v) is 6.90. The summed E-state index contributed by atoms with van der Waals surface area (Å²) in [5.74, 6) is 1.12. The van der Waals surface area contributed by atoms with Crippen LogP contribution in [0.2, 0.25) is 0 Å². The predicted molar refractivity (Wildman–Crippen MR) is 86.5 cm³/mol. The van der Waals surface area contributed by atoms with Gasteiger partial charge in [-0.25, -0.2) is 9.97 Å². The van der Waals surface area contributed by atoms with Crippen LogP contribution in [-0.2, 0) is 13.1 Å². The van der Waals surface area contributed by atoms with Crippen molar-refractivity contribution in [1.82, 2.24) is 19.4 Å². The Hall–Kier alpha value is -1.20. The van der Waals surface area contributed by atoms with Crippen molar-refractivity contribution in [3.8, 4) is 0 Å². The second-order valence-electron chi connectivity index (χ2n) is 5.96. The Morgan fingerprint density at radius 2 is 2.24 bits per heavy atom. The highest BCUT2D eigenvalue weighted by atomic mass is 32.1. The number of rotatable bonds is 5. The van der Waals surface area contributed by atoms with Gasteiger partial charge in [-0.3, -0.25) is 4.90 Å². The zero-order chi connectivity index (χ0) is 14.7. The van der Waals surface area contributed by atoms with Gasteiger partial charge in [-0.1, -0.05) is 6.42 Å². The van der Waals surface area contributed by atoms with Crippen LogP contribution in [0.3, 0.4) is 0 Å². The van der Waals surface area contributed by atoms with E-state index in [1.807, 2.05) is 6.20 Å². The summed E-state index contributed by atoms with van der Waals surface area (Å²) in [7, 11) is 0. The van der Waals surface area contributed by atoms with Gasteiger partial charge in [0.2, 0.25) is 0 Å². The molecule has 0 aromatic carbocycles. The number of imidazole rings is 1. The molecule has 0 bridgehead atoms. The van der Waals surface area contributed by atoms with Crippen LogP contribution in [0.1, 0.15) is 42.2 Å². The Labute approximate surface area is 130 Å². The van der Waals surface area contributed by atoms with E-state index in [2.05, 4.69) is 44.9 Å². The van der Waals surface area contributed by atoms with E-state index in [0.717, 1.165) is 24.6 Å². The lowest BCUT2D eigenvalue weighted by molar-refractivity contribution is 0.128. The summed E-state index contributed by atoms with van der Waals surface area (Å²) < 4.78 is 2.26. The first-order chi connectivity index (χ1) is 10.2. The van der Waals surface area contributed by atoms with E-state index in [-0.39, 0.29) is 0 Å². The smallest absolute Gasteiger partial charge is 0.107 e. The summed E-state index contributed by atoms with van der Waals surface area (Å²) in [6.07, 6.45) is 9.20. The van der Waals surface area contributed by atoms with Crippen molar-refractivity contribution in [2.75, 3.05) is 6.54 Å². The molecule has 114 valence electrons. The molecule has 2 aromatic rings. The van der Waals surface area contributed by atoms with E-state index in [0.29, 0.717) is 6.04 Å². The van der Waals surface area contributed by atoms with Crippen molar-refractivity contribution in [3.63, 3.8) is 0 Å². The van der Waals surface area contributed by atoms with Crippen molar-refractivity contribution in [1.29, 1.82) is 0 Å². The molecule has 0 radical (unpaired) electrons. The van der Waals surface area contributed by atoms with Gasteiger partial charge in [0.1, 0.15) is 10.8 Å². The quantitative estimate of drug-likeness (QED) is 0.849. The van der Waals surface area contributed by atoms with Gasteiger partial charge in [0.05, 0.1) is 6.54 Å². The lowest BCUT2D eigenvalue weighted by Gasteiger charge is -2.35. The molecule has 1 aliphatic rings. The van der Waals surface area contributed by atoms with Crippen LogP contribution in [-0.4, -0.2) is 32.0 Å². The van der Waals surface area contributed by atoms with Gasteiger partial charge < -0.3 is 4.57 Å². The second kappa shape index (κ2) is 6.71. The molecule has 0 saturated carbocycles. The van der Waals surface area contributed by atoms with Crippen molar-refractivity contribution < 1.29 is 0 Å². The molecule has 3 rings (SSSR count). The summed E-state index contributed by atoms with van der Waals surface area (Å²) in [5.41, 5.74) is 1.15. The van der Waals surface area contributed by atoms with Gasteiger partial charge in [-0.2, -0.15) is 0 Å². The first-order valence-electron chi connectivity index (χ1n) is 7.85. The lowest BCUT2D eigenvalue weighted by Crippen LogP contribution is -2.39. The Morgan fingerprint density at radius 1 is 1.33 bits per heavy atom. The third-order valence-corrected chi connectivity index (χ3v) is 5.33. The molecule has 0 N–H and O–H groups in total. The lowest BCUT2D eigenvalue weighted by atomic mass is 9.99. The van der Waals surface area contributed by atoms with E-state index in [1.54, 1.807) is 11.3 Å². The average molecular weight is 304 g/mol. The molecule has 21 heavy (non-hydrogen) atoms. The zero-order valence-corrected chi connectivity index (χ0v) is 13.8. The van der Waals surface area contributed by atoms with Gasteiger partial charge in [0.25, 0.3) is 0 Å². The van der Waals surface area contributed by atoms with E-state index >= 15 is 0 Å². The first-order valence-corrected chi connectivity index (χ1v) is 8.73. The van der Waals surface area contributed by atoms with E-state index < -0.39 is 0 Å². The molecule has 0 aliphatic carbocycles. The van der Waals surface area contributed by atoms with Crippen LogP contribution in [0.25, 0.3) is 0 Å². The minimum Gasteiger partial charge on any atom is -0.335 e. The molecule has 1 unspecified atom stereocenters. The Balaban J connectivity index is 1.60. The molecule has 0 amide bonds. The fourth-order valence-corrected chi connectivity index (χ4v) is 3.97. The third kappa shape index (κ3) is 3.71. The van der Waals surface area contributed by atoms with Crippen LogP contribution in [0.4, 0.5) is 0 Å². The standard InChI is InChI=1S/C16H24N4S/c1-13-12-21-16(18-13)11-20-8-4-3-5-15(20)6-9-19-10-7-17-14(19)2/h7,10,12,15H,3-6,8-9,11H2,1-2H3. The van der Waals surface area contributed by atoms with Gasteiger partial charge in [-0.05, 0) is 39.7 Å². The zero-order valence-electron chi connectivity index (χ0n) is 13.0. The van der Waals surface area contributed by atoms with Crippen molar-refractivity contribution in [2.24, 2.45) is 0 Å². The maximum absolute atomic E-state index is 4.63. The van der Waals surface area contributed by atoms with E-state index in [4.69, 9.17) is 0 Å². The molecule has 1 atom stereocenters. The summed E-state index contributed by atoms with van der Waals surface area (Å²) >= 11 is 1.80. The number of thiazole rings is 1. The predicted octanol–water partition coefficient (Wildman–Crippen LogP) is 3.40. The first kappa shape index (κ1) is 14.7. The molecule has 5 heteroatoms. The van der Waals surface area contributed by atoms with Gasteiger partial charge in [0.15, 0.2) is 0 Å². The number of aromatic nitrogens is 3. The minimum absolute atomic E-state index is 0.685. The Morgan fingerprint density at radius 3 is 2.95 bits per heavy atom. The number of hydrogen-bond acceptors (Lipinski definition) is 4. The van der Waals surface area contributed by atoms with E-state index in [9.17, 15) is 0 Å². The summed E-state index contributed by atoms with van der Waals surface area (Å²) in [6.45, 7) is 7.47. The highest BCUT2D eigenvalue weighted by Gasteiger charge is 2.23. The maximum Gasteiger partial charge on any atom is 0.107 e. The molecule has 4 nitrogen and oxygen atoms in total. The minimum atomic E-state index is 0.685. The average Bonchev–Trinajstić information content (AvgIpc) is 3.07. The monoisotopic (exact) mass is 304 g/mol. The normalized spacial score (nSPS) is 20.0. The number of likely N-dealkylation sites (tertiary alicyclic amines) is 1. The van der Waals surface area contributed by atoms with Gasteiger partial charge in [0, 0.05) is 36.1 Å². The third-order valence-electron chi connectivity index (χ3n) is 4.38. The number of hydrogen-bond donors (Lipinski definition) is 0. The molecule has 3 heterocycles. The number of aryl methyl sites for hydroxylation is 3. The summed E-state index contributed by atoms with van der Waals surface area (Å²) in [5, 5.41) is 3.42. The number of nitrogens with zero attached hydrogens (tertiary/aromatic N) is 4. The topological polar surface area (TPSA) is 34.0 Å². The molecular formula is C16H24N4S. The summed E-state index contributed by atoms with van der Waals surface area (Å²) in [6, 6.07) is 0.685. The van der Waals surface area contributed by atoms with Gasteiger partial charge >= 0.3 is 0 Å². The molecule has 1 aliphatic heterocycles. The molecule has 1 saturated heterocycles.